The van der Waals surface area contributed by atoms with Gasteiger partial charge in [-0.3, -0.25) is 4.79 Å². The topological polar surface area (TPSA) is 116 Å². The highest BCUT2D eigenvalue weighted by Crippen LogP contribution is 2.19. The molecule has 0 aliphatic rings. The number of hydrogen-bond donors (Lipinski definition) is 1. The van der Waals surface area contributed by atoms with Gasteiger partial charge in [0.1, 0.15) is 17.2 Å². The monoisotopic (exact) mass is 420 g/mol. The minimum Gasteiger partial charge on any atom is -0.478 e. The molecule has 1 N–H and O–H groups in total. The Morgan fingerprint density at radius 2 is 0.871 bits per heavy atom. The maximum Gasteiger partial charge on any atom is 0.343 e. The molecule has 0 amide bonds. The lowest BCUT2D eigenvalue weighted by Gasteiger charge is -2.07. The van der Waals surface area contributed by atoms with E-state index < -0.39 is 23.9 Å². The zero-order valence-corrected chi connectivity index (χ0v) is 16.2. The highest BCUT2D eigenvalue weighted by Gasteiger charge is 2.12. The van der Waals surface area contributed by atoms with E-state index >= 15 is 0 Å². The Morgan fingerprint density at radius 3 is 1.19 bits per heavy atom. The minimum atomic E-state index is -1.08. The number of hydrogen-bond acceptors (Lipinski definition) is 7. The zero-order valence-electron chi connectivity index (χ0n) is 16.2. The van der Waals surface area contributed by atoms with Crippen LogP contribution in [0.2, 0.25) is 0 Å². The van der Waals surface area contributed by atoms with Crippen LogP contribution in [0.1, 0.15) is 38.0 Å². The maximum absolute atomic E-state index is 12.2. The van der Waals surface area contributed by atoms with Crippen molar-refractivity contribution in [3.63, 3.8) is 0 Å². The van der Waals surface area contributed by atoms with Gasteiger partial charge in [-0.1, -0.05) is 0 Å². The highest BCUT2D eigenvalue weighted by atomic mass is 16.5. The molecule has 0 saturated carbocycles. The van der Waals surface area contributed by atoms with Crippen LogP contribution in [0.3, 0.4) is 0 Å². The number of esters is 3. The number of carboxylic acid groups (broad SMARTS) is 1. The molecule has 0 saturated heterocycles. The van der Waals surface area contributed by atoms with E-state index in [1.54, 1.807) is 0 Å². The van der Waals surface area contributed by atoms with Gasteiger partial charge in [-0.2, -0.15) is 0 Å². The van der Waals surface area contributed by atoms with Crippen molar-refractivity contribution in [1.29, 1.82) is 0 Å². The molecule has 3 aromatic carbocycles. The lowest BCUT2D eigenvalue weighted by atomic mass is 10.2. The molecule has 0 spiro atoms. The van der Waals surface area contributed by atoms with Gasteiger partial charge in [0, 0.05) is 6.92 Å². The summed E-state index contributed by atoms with van der Waals surface area (Å²) < 4.78 is 15.3. The van der Waals surface area contributed by atoms with Crippen LogP contribution in [-0.4, -0.2) is 29.0 Å². The summed E-state index contributed by atoms with van der Waals surface area (Å²) >= 11 is 0. The van der Waals surface area contributed by atoms with Crippen molar-refractivity contribution >= 4 is 23.9 Å². The van der Waals surface area contributed by atoms with Gasteiger partial charge in [-0.25, -0.2) is 14.4 Å². The second kappa shape index (κ2) is 9.36. The maximum atomic E-state index is 12.2. The van der Waals surface area contributed by atoms with Crippen LogP contribution in [0.25, 0.3) is 0 Å². The molecule has 0 atom stereocenters. The average molecular weight is 420 g/mol. The van der Waals surface area contributed by atoms with Crippen LogP contribution in [0, 0.1) is 0 Å². The molecule has 8 heteroatoms. The summed E-state index contributed by atoms with van der Waals surface area (Å²) in [4.78, 5) is 46.2. The summed E-state index contributed by atoms with van der Waals surface area (Å²) in [6.45, 7) is 1.27. The first-order valence-electron chi connectivity index (χ1n) is 8.98. The third-order valence-electron chi connectivity index (χ3n) is 3.96. The van der Waals surface area contributed by atoms with E-state index in [1.165, 1.54) is 79.7 Å². The molecule has 156 valence electrons. The number of ether oxygens (including phenoxy) is 3. The number of carboxylic acids is 1. The summed E-state index contributed by atoms with van der Waals surface area (Å²) in [5.74, 6) is -2.09. The largest absolute Gasteiger partial charge is 0.478 e. The summed E-state index contributed by atoms with van der Waals surface area (Å²) in [6.07, 6.45) is 0. The van der Waals surface area contributed by atoms with E-state index in [1.807, 2.05) is 0 Å². The fraction of sp³-hybridized carbons (Fsp3) is 0.0435. The summed E-state index contributed by atoms with van der Waals surface area (Å²) in [5, 5.41) is 8.88. The quantitative estimate of drug-likeness (QED) is 0.473. The Morgan fingerprint density at radius 1 is 0.548 bits per heavy atom. The second-order valence-electron chi connectivity index (χ2n) is 6.25. The fourth-order valence-electron chi connectivity index (χ4n) is 2.48. The molecule has 0 heterocycles. The Kier molecular flexibility index (Phi) is 6.42. The fourth-order valence-corrected chi connectivity index (χ4v) is 2.48. The smallest absolute Gasteiger partial charge is 0.343 e. The number of carbonyl (C=O) groups excluding carboxylic acids is 3. The Labute approximate surface area is 176 Å². The van der Waals surface area contributed by atoms with Crippen LogP contribution < -0.4 is 14.2 Å². The molecular formula is C23H16O8. The van der Waals surface area contributed by atoms with E-state index in [0.717, 1.165) is 0 Å². The zero-order chi connectivity index (χ0) is 22.4. The van der Waals surface area contributed by atoms with Crippen molar-refractivity contribution in [3.05, 3.63) is 89.5 Å². The Balaban J connectivity index is 1.60. The van der Waals surface area contributed by atoms with Crippen LogP contribution in [0.4, 0.5) is 0 Å². The lowest BCUT2D eigenvalue weighted by Crippen LogP contribution is -2.10. The van der Waals surface area contributed by atoms with Crippen molar-refractivity contribution in [3.8, 4) is 17.2 Å². The third kappa shape index (κ3) is 5.77. The van der Waals surface area contributed by atoms with Crippen LogP contribution in [0.5, 0.6) is 17.2 Å². The van der Waals surface area contributed by atoms with Gasteiger partial charge in [0.15, 0.2) is 0 Å². The van der Waals surface area contributed by atoms with Gasteiger partial charge < -0.3 is 19.3 Å². The summed E-state index contributed by atoms with van der Waals surface area (Å²) in [7, 11) is 0. The van der Waals surface area contributed by atoms with E-state index in [2.05, 4.69) is 0 Å². The van der Waals surface area contributed by atoms with Gasteiger partial charge >= 0.3 is 23.9 Å². The van der Waals surface area contributed by atoms with E-state index in [4.69, 9.17) is 19.3 Å². The Hall–Kier alpha value is -4.46. The molecule has 8 nitrogen and oxygen atoms in total. The summed E-state index contributed by atoms with van der Waals surface area (Å²) in [5.41, 5.74) is 0.545. The van der Waals surface area contributed by atoms with Crippen LogP contribution in [0.15, 0.2) is 72.8 Å². The van der Waals surface area contributed by atoms with E-state index in [-0.39, 0.29) is 28.2 Å². The number of aromatic carboxylic acids is 1. The standard InChI is InChI=1S/C23H16O8/c1-14(24)29-18-10-4-16(5-11-18)22(27)31-20-12-6-17(7-13-20)23(28)30-19-8-2-15(3-9-19)21(25)26/h2-13H,1H3,(H,25,26). The second-order valence-corrected chi connectivity index (χ2v) is 6.25. The van der Waals surface area contributed by atoms with Crippen molar-refractivity contribution in [2.24, 2.45) is 0 Å². The molecule has 3 aromatic rings. The molecule has 0 fully saturated rings. The number of rotatable bonds is 6. The highest BCUT2D eigenvalue weighted by molar-refractivity contribution is 5.93. The predicted molar refractivity (Wildman–Crippen MR) is 108 cm³/mol. The normalized spacial score (nSPS) is 10.1. The first-order chi connectivity index (χ1) is 14.8. The van der Waals surface area contributed by atoms with Crippen molar-refractivity contribution in [2.75, 3.05) is 0 Å². The first-order valence-corrected chi connectivity index (χ1v) is 8.98. The molecule has 0 radical (unpaired) electrons. The summed E-state index contributed by atoms with van der Waals surface area (Å²) in [6, 6.07) is 17.0. The number of benzene rings is 3. The van der Waals surface area contributed by atoms with Gasteiger partial charge in [-0.15, -0.1) is 0 Å². The van der Waals surface area contributed by atoms with Gasteiger partial charge in [0.2, 0.25) is 0 Å². The van der Waals surface area contributed by atoms with Crippen LogP contribution in [-0.2, 0) is 4.79 Å². The first kappa shape index (κ1) is 21.3. The van der Waals surface area contributed by atoms with E-state index in [0.29, 0.717) is 5.75 Å². The molecule has 0 bridgehead atoms. The molecular weight excluding hydrogens is 404 g/mol. The molecule has 0 unspecified atom stereocenters. The molecule has 31 heavy (non-hydrogen) atoms. The van der Waals surface area contributed by atoms with Crippen LogP contribution >= 0.6 is 0 Å². The average Bonchev–Trinajstić information content (AvgIpc) is 2.74. The van der Waals surface area contributed by atoms with E-state index in [9.17, 15) is 19.2 Å². The van der Waals surface area contributed by atoms with Gasteiger partial charge in [0.25, 0.3) is 0 Å². The SMILES string of the molecule is CC(=O)Oc1ccc(C(=O)Oc2ccc(C(=O)Oc3ccc(C(=O)O)cc3)cc2)cc1. The molecule has 0 aromatic heterocycles. The molecule has 3 rings (SSSR count). The van der Waals surface area contributed by atoms with Crippen molar-refractivity contribution in [1.82, 2.24) is 0 Å². The molecule has 0 aliphatic carbocycles. The third-order valence-corrected chi connectivity index (χ3v) is 3.96. The Bertz CT molecular complexity index is 1110. The van der Waals surface area contributed by atoms with Crippen molar-refractivity contribution in [2.45, 2.75) is 6.92 Å². The van der Waals surface area contributed by atoms with Gasteiger partial charge in [0.05, 0.1) is 16.7 Å². The minimum absolute atomic E-state index is 0.0759. The number of carbonyl (C=O) groups is 4. The predicted octanol–water partition coefficient (Wildman–Crippen LogP) is 3.75. The van der Waals surface area contributed by atoms with Crippen molar-refractivity contribution < 1.29 is 38.5 Å². The lowest BCUT2D eigenvalue weighted by molar-refractivity contribution is -0.131. The van der Waals surface area contributed by atoms with Gasteiger partial charge in [-0.05, 0) is 72.8 Å². The molecule has 0 aliphatic heterocycles.